The summed E-state index contributed by atoms with van der Waals surface area (Å²) in [6.07, 6.45) is 0.604. The Kier molecular flexibility index (Phi) is 4.45. The lowest BCUT2D eigenvalue weighted by atomic mass is 9.89. The molecule has 0 aliphatic rings. The fourth-order valence-corrected chi connectivity index (χ4v) is 2.76. The molecule has 0 aromatic heterocycles. The third-order valence-corrected chi connectivity index (χ3v) is 4.12. The number of rotatable bonds is 3. The predicted molar refractivity (Wildman–Crippen MR) is 86.6 cm³/mol. The van der Waals surface area contributed by atoms with Crippen molar-refractivity contribution >= 4 is 38.5 Å². The molecule has 0 aliphatic carbocycles. The zero-order valence-corrected chi connectivity index (χ0v) is 13.8. The number of hydrogen-bond donors (Lipinski definition) is 1. The highest BCUT2D eigenvalue weighted by Gasteiger charge is 2.23. The van der Waals surface area contributed by atoms with Gasteiger partial charge in [0.2, 0.25) is 0 Å². The Bertz CT molecular complexity index is 534. The van der Waals surface area contributed by atoms with Gasteiger partial charge in [-0.15, -0.1) is 0 Å². The minimum absolute atomic E-state index is 0.604. The van der Waals surface area contributed by atoms with Gasteiger partial charge in [0.1, 0.15) is 0 Å². The van der Waals surface area contributed by atoms with E-state index in [0.29, 0.717) is 6.42 Å². The summed E-state index contributed by atoms with van der Waals surface area (Å²) in [5.74, 6) is 0. The molecule has 1 N–H and O–H groups in total. The zero-order chi connectivity index (χ0) is 13.2. The first kappa shape index (κ1) is 14.0. The standard InChI is InChI=1S/C15H14BrIO/c1-15(18,12-5-7-14(17)8-6-12)10-11-3-2-4-13(16)9-11/h2-9,18H,10H2,1H3. The molecule has 18 heavy (non-hydrogen) atoms. The largest absolute Gasteiger partial charge is 0.385 e. The first-order chi connectivity index (χ1) is 8.47. The van der Waals surface area contributed by atoms with E-state index in [9.17, 15) is 5.11 Å². The van der Waals surface area contributed by atoms with Crippen molar-refractivity contribution in [3.63, 3.8) is 0 Å². The van der Waals surface area contributed by atoms with Crippen LogP contribution in [0.4, 0.5) is 0 Å². The second-order valence-electron chi connectivity index (χ2n) is 4.59. The molecule has 0 spiro atoms. The molecule has 0 heterocycles. The van der Waals surface area contributed by atoms with Crippen LogP contribution in [0.15, 0.2) is 53.0 Å². The molecule has 1 unspecified atom stereocenters. The van der Waals surface area contributed by atoms with Crippen LogP contribution in [0.3, 0.4) is 0 Å². The molecular formula is C15H14BrIO. The third kappa shape index (κ3) is 3.56. The molecule has 2 aromatic rings. The lowest BCUT2D eigenvalue weighted by Gasteiger charge is -2.24. The van der Waals surface area contributed by atoms with E-state index in [4.69, 9.17) is 0 Å². The summed E-state index contributed by atoms with van der Waals surface area (Å²) in [5, 5.41) is 10.6. The zero-order valence-electron chi connectivity index (χ0n) is 10.0. The van der Waals surface area contributed by atoms with E-state index in [0.717, 1.165) is 15.6 Å². The van der Waals surface area contributed by atoms with E-state index in [1.807, 2.05) is 55.5 Å². The van der Waals surface area contributed by atoms with Gasteiger partial charge in [-0.3, -0.25) is 0 Å². The lowest BCUT2D eigenvalue weighted by molar-refractivity contribution is 0.0576. The highest BCUT2D eigenvalue weighted by atomic mass is 127. The number of benzene rings is 2. The van der Waals surface area contributed by atoms with Gasteiger partial charge in [0, 0.05) is 14.5 Å². The van der Waals surface area contributed by atoms with Gasteiger partial charge < -0.3 is 5.11 Å². The fourth-order valence-electron chi connectivity index (χ4n) is 1.96. The van der Waals surface area contributed by atoms with Gasteiger partial charge in [0.25, 0.3) is 0 Å². The summed E-state index contributed by atoms with van der Waals surface area (Å²) in [6.45, 7) is 1.86. The molecule has 1 atom stereocenters. The Labute approximate surface area is 130 Å². The van der Waals surface area contributed by atoms with Crippen molar-refractivity contribution in [1.82, 2.24) is 0 Å². The smallest absolute Gasteiger partial charge is 0.0908 e. The Morgan fingerprint density at radius 3 is 2.44 bits per heavy atom. The Balaban J connectivity index is 2.23. The molecule has 3 heteroatoms. The number of hydrogen-bond acceptors (Lipinski definition) is 1. The first-order valence-electron chi connectivity index (χ1n) is 5.70. The van der Waals surface area contributed by atoms with Gasteiger partial charge in [-0.1, -0.05) is 40.2 Å². The minimum Gasteiger partial charge on any atom is -0.385 e. The van der Waals surface area contributed by atoms with E-state index >= 15 is 0 Å². The van der Waals surface area contributed by atoms with Crippen LogP contribution in [-0.2, 0) is 12.0 Å². The minimum atomic E-state index is -0.842. The third-order valence-electron chi connectivity index (χ3n) is 2.90. The van der Waals surface area contributed by atoms with Crippen LogP contribution in [0.5, 0.6) is 0 Å². The Hall–Kier alpha value is -0.390. The fraction of sp³-hybridized carbons (Fsp3) is 0.200. The van der Waals surface area contributed by atoms with E-state index < -0.39 is 5.60 Å². The highest BCUT2D eigenvalue weighted by molar-refractivity contribution is 14.1. The summed E-state index contributed by atoms with van der Waals surface area (Å²) in [4.78, 5) is 0. The predicted octanol–water partition coefficient (Wildman–Crippen LogP) is 4.50. The van der Waals surface area contributed by atoms with E-state index in [2.05, 4.69) is 38.5 Å². The molecule has 0 bridgehead atoms. The van der Waals surface area contributed by atoms with Crippen molar-refractivity contribution in [2.45, 2.75) is 18.9 Å². The monoisotopic (exact) mass is 416 g/mol. The maximum Gasteiger partial charge on any atom is 0.0908 e. The molecule has 0 aliphatic heterocycles. The van der Waals surface area contributed by atoms with Gasteiger partial charge in [-0.25, -0.2) is 0 Å². The van der Waals surface area contributed by atoms with Gasteiger partial charge in [-0.05, 0) is 64.9 Å². The van der Waals surface area contributed by atoms with E-state index in [1.54, 1.807) is 0 Å². The molecule has 0 saturated carbocycles. The van der Waals surface area contributed by atoms with Crippen molar-refractivity contribution in [1.29, 1.82) is 0 Å². The molecule has 0 amide bonds. The molecule has 0 saturated heterocycles. The topological polar surface area (TPSA) is 20.2 Å². The van der Waals surface area contributed by atoms with Crippen molar-refractivity contribution in [2.75, 3.05) is 0 Å². The SMILES string of the molecule is CC(O)(Cc1cccc(Br)c1)c1ccc(I)cc1. The summed E-state index contributed by atoms with van der Waals surface area (Å²) in [6, 6.07) is 16.1. The second-order valence-corrected chi connectivity index (χ2v) is 6.75. The van der Waals surface area contributed by atoms with Crippen LogP contribution in [0.25, 0.3) is 0 Å². The number of halogens is 2. The van der Waals surface area contributed by atoms with Crippen molar-refractivity contribution in [3.05, 3.63) is 67.7 Å². The average molecular weight is 417 g/mol. The molecule has 2 rings (SSSR count). The molecule has 1 nitrogen and oxygen atoms in total. The maximum atomic E-state index is 10.6. The van der Waals surface area contributed by atoms with Crippen LogP contribution < -0.4 is 0 Å². The first-order valence-corrected chi connectivity index (χ1v) is 7.57. The normalized spacial score (nSPS) is 14.2. The van der Waals surface area contributed by atoms with Crippen LogP contribution in [0.2, 0.25) is 0 Å². The molecule has 94 valence electrons. The maximum absolute atomic E-state index is 10.6. The highest BCUT2D eigenvalue weighted by Crippen LogP contribution is 2.26. The van der Waals surface area contributed by atoms with Gasteiger partial charge in [0.15, 0.2) is 0 Å². The second kappa shape index (κ2) is 5.72. The van der Waals surface area contributed by atoms with Crippen LogP contribution in [0, 0.1) is 3.57 Å². The van der Waals surface area contributed by atoms with Crippen LogP contribution in [-0.4, -0.2) is 5.11 Å². The van der Waals surface area contributed by atoms with E-state index in [-0.39, 0.29) is 0 Å². The lowest BCUT2D eigenvalue weighted by Crippen LogP contribution is -2.24. The molecule has 2 aromatic carbocycles. The summed E-state index contributed by atoms with van der Waals surface area (Å²) < 4.78 is 2.22. The quantitative estimate of drug-likeness (QED) is 0.730. The van der Waals surface area contributed by atoms with Crippen LogP contribution >= 0.6 is 38.5 Å². The molecule has 0 radical (unpaired) electrons. The number of aliphatic hydroxyl groups is 1. The van der Waals surface area contributed by atoms with Gasteiger partial charge in [0.05, 0.1) is 5.60 Å². The molecular weight excluding hydrogens is 403 g/mol. The Morgan fingerprint density at radius 1 is 1.17 bits per heavy atom. The van der Waals surface area contributed by atoms with Crippen molar-refractivity contribution in [2.24, 2.45) is 0 Å². The summed E-state index contributed by atoms with van der Waals surface area (Å²) in [7, 11) is 0. The summed E-state index contributed by atoms with van der Waals surface area (Å²) in [5.41, 5.74) is 1.22. The van der Waals surface area contributed by atoms with Gasteiger partial charge in [-0.2, -0.15) is 0 Å². The average Bonchev–Trinajstić information content (AvgIpc) is 2.29. The van der Waals surface area contributed by atoms with Crippen molar-refractivity contribution in [3.8, 4) is 0 Å². The summed E-state index contributed by atoms with van der Waals surface area (Å²) >= 11 is 5.72. The van der Waals surface area contributed by atoms with E-state index in [1.165, 1.54) is 3.57 Å². The molecule has 0 fully saturated rings. The van der Waals surface area contributed by atoms with Crippen molar-refractivity contribution < 1.29 is 5.11 Å². The van der Waals surface area contributed by atoms with Crippen LogP contribution in [0.1, 0.15) is 18.1 Å². The van der Waals surface area contributed by atoms with Gasteiger partial charge >= 0.3 is 0 Å². The Morgan fingerprint density at radius 2 is 1.83 bits per heavy atom.